The highest BCUT2D eigenvalue weighted by Crippen LogP contribution is 2.46. The number of aryl methyl sites for hydroxylation is 1. The molecule has 1 aliphatic carbocycles. The highest BCUT2D eigenvalue weighted by Gasteiger charge is 2.30. The summed E-state index contributed by atoms with van der Waals surface area (Å²) in [6, 6.07) is 6.42. The van der Waals surface area contributed by atoms with Crippen molar-refractivity contribution in [3.63, 3.8) is 0 Å². The molecule has 0 fully saturated rings. The van der Waals surface area contributed by atoms with Crippen molar-refractivity contribution in [2.45, 2.75) is 13.3 Å². The lowest BCUT2D eigenvalue weighted by molar-refractivity contribution is 0.0830. The van der Waals surface area contributed by atoms with Gasteiger partial charge in [0.05, 0.1) is 10.6 Å². The Morgan fingerprint density at radius 2 is 2.11 bits per heavy atom. The monoisotopic (exact) mass is 272 g/mol. The van der Waals surface area contributed by atoms with Crippen molar-refractivity contribution in [1.29, 1.82) is 0 Å². The third-order valence-corrected chi connectivity index (χ3v) is 4.53. The molecule has 0 saturated heterocycles. The molecule has 1 aromatic heterocycles. The first kappa shape index (κ1) is 12.2. The Labute approximate surface area is 116 Å². The molecule has 0 unspecified atom stereocenters. The Kier molecular flexibility index (Phi) is 2.64. The minimum absolute atomic E-state index is 0.00986. The van der Waals surface area contributed by atoms with Crippen molar-refractivity contribution in [3.05, 3.63) is 39.8 Å². The summed E-state index contributed by atoms with van der Waals surface area (Å²) in [5.74, 6) is -0.00986. The van der Waals surface area contributed by atoms with E-state index in [9.17, 15) is 4.79 Å². The second-order valence-corrected chi connectivity index (χ2v) is 6.31. The normalized spacial score (nSPS) is 12.2. The van der Waals surface area contributed by atoms with Gasteiger partial charge in [0.2, 0.25) is 0 Å². The topological polar surface area (TPSA) is 46.3 Å². The van der Waals surface area contributed by atoms with E-state index >= 15 is 0 Å². The molecule has 2 N–H and O–H groups in total. The van der Waals surface area contributed by atoms with Crippen molar-refractivity contribution < 1.29 is 4.79 Å². The molecule has 0 atom stereocenters. The van der Waals surface area contributed by atoms with Gasteiger partial charge in [-0.3, -0.25) is 4.79 Å². The van der Waals surface area contributed by atoms with E-state index in [4.69, 9.17) is 5.73 Å². The standard InChI is InChI=1S/C15H16N2OS/c1-8-4-5-9-7-11-12(10(9)6-8)13(14(16)19-11)15(18)17(2)3/h4-6H,7,16H2,1-3H3. The predicted octanol–water partition coefficient (Wildman–Crippen LogP) is 2.91. The van der Waals surface area contributed by atoms with Gasteiger partial charge in [-0.05, 0) is 18.1 Å². The van der Waals surface area contributed by atoms with Gasteiger partial charge in [0.1, 0.15) is 0 Å². The maximum Gasteiger partial charge on any atom is 0.256 e. The van der Waals surface area contributed by atoms with Gasteiger partial charge < -0.3 is 10.6 Å². The molecule has 0 spiro atoms. The molecule has 3 rings (SSSR count). The lowest BCUT2D eigenvalue weighted by Crippen LogP contribution is -2.22. The number of nitrogens with two attached hydrogens (primary N) is 1. The summed E-state index contributed by atoms with van der Waals surface area (Å²) in [5, 5.41) is 0.635. The van der Waals surface area contributed by atoms with Crippen molar-refractivity contribution in [1.82, 2.24) is 4.90 Å². The summed E-state index contributed by atoms with van der Waals surface area (Å²) in [5.41, 5.74) is 11.5. The summed E-state index contributed by atoms with van der Waals surface area (Å²) in [6.45, 7) is 2.07. The van der Waals surface area contributed by atoms with Crippen LogP contribution in [0.15, 0.2) is 18.2 Å². The van der Waals surface area contributed by atoms with Crippen LogP contribution in [-0.2, 0) is 6.42 Å². The van der Waals surface area contributed by atoms with E-state index in [-0.39, 0.29) is 5.91 Å². The number of carbonyl (C=O) groups is 1. The summed E-state index contributed by atoms with van der Waals surface area (Å²) in [6.07, 6.45) is 0.889. The van der Waals surface area contributed by atoms with Gasteiger partial charge in [-0.2, -0.15) is 0 Å². The van der Waals surface area contributed by atoms with Crippen LogP contribution in [0.3, 0.4) is 0 Å². The molecule has 1 heterocycles. The number of hydrogen-bond acceptors (Lipinski definition) is 3. The number of fused-ring (bicyclic) bond motifs is 3. The second-order valence-electron chi connectivity index (χ2n) is 5.18. The molecular formula is C15H16N2OS. The van der Waals surface area contributed by atoms with Gasteiger partial charge in [-0.25, -0.2) is 0 Å². The van der Waals surface area contributed by atoms with Gasteiger partial charge in [0, 0.05) is 31.0 Å². The van der Waals surface area contributed by atoms with Gasteiger partial charge in [0.25, 0.3) is 5.91 Å². The Hall–Kier alpha value is -1.81. The van der Waals surface area contributed by atoms with Crippen LogP contribution in [0.4, 0.5) is 5.00 Å². The molecule has 0 saturated carbocycles. The average Bonchev–Trinajstić information content (AvgIpc) is 2.83. The number of amides is 1. The molecule has 19 heavy (non-hydrogen) atoms. The Bertz CT molecular complexity index is 686. The largest absolute Gasteiger partial charge is 0.390 e. The van der Waals surface area contributed by atoms with E-state index in [1.165, 1.54) is 21.6 Å². The van der Waals surface area contributed by atoms with Gasteiger partial charge in [-0.15, -0.1) is 11.3 Å². The molecule has 1 amide bonds. The minimum atomic E-state index is -0.00986. The number of thiophene rings is 1. The average molecular weight is 272 g/mol. The molecular weight excluding hydrogens is 256 g/mol. The van der Waals surface area contributed by atoms with Crippen LogP contribution in [0, 0.1) is 6.92 Å². The fourth-order valence-corrected chi connectivity index (χ4v) is 3.69. The zero-order valence-corrected chi connectivity index (χ0v) is 12.1. The van der Waals surface area contributed by atoms with Crippen LogP contribution in [0.5, 0.6) is 0 Å². The van der Waals surface area contributed by atoms with Crippen molar-refractivity contribution in [2.75, 3.05) is 19.8 Å². The van der Waals surface area contributed by atoms with Crippen LogP contribution >= 0.6 is 11.3 Å². The van der Waals surface area contributed by atoms with Crippen LogP contribution < -0.4 is 5.73 Å². The van der Waals surface area contributed by atoms with Crippen molar-refractivity contribution >= 4 is 22.2 Å². The number of benzene rings is 1. The predicted molar refractivity (Wildman–Crippen MR) is 79.7 cm³/mol. The Morgan fingerprint density at radius 3 is 2.79 bits per heavy atom. The summed E-state index contributed by atoms with van der Waals surface area (Å²) in [7, 11) is 3.52. The first-order chi connectivity index (χ1) is 8.99. The first-order valence-corrected chi connectivity index (χ1v) is 7.03. The summed E-state index contributed by atoms with van der Waals surface area (Å²) >= 11 is 1.54. The quantitative estimate of drug-likeness (QED) is 0.740. The number of nitrogen functional groups attached to an aromatic ring is 1. The molecule has 3 nitrogen and oxygen atoms in total. The molecule has 1 aromatic carbocycles. The number of hydrogen-bond donors (Lipinski definition) is 1. The zero-order valence-electron chi connectivity index (χ0n) is 11.3. The van der Waals surface area contributed by atoms with Gasteiger partial charge in [-0.1, -0.05) is 23.8 Å². The van der Waals surface area contributed by atoms with Crippen LogP contribution in [0.1, 0.15) is 26.4 Å². The lowest BCUT2D eigenvalue weighted by atomic mass is 10.0. The molecule has 98 valence electrons. The number of nitrogens with zero attached hydrogens (tertiary/aromatic N) is 1. The van der Waals surface area contributed by atoms with E-state index in [0.717, 1.165) is 12.0 Å². The van der Waals surface area contributed by atoms with Crippen molar-refractivity contribution in [3.8, 4) is 11.1 Å². The van der Waals surface area contributed by atoms with E-state index in [1.54, 1.807) is 30.3 Å². The number of anilines is 1. The summed E-state index contributed by atoms with van der Waals surface area (Å²) in [4.78, 5) is 15.1. The fourth-order valence-electron chi connectivity index (χ4n) is 2.59. The van der Waals surface area contributed by atoms with Gasteiger partial charge in [0.15, 0.2) is 0 Å². The number of carbonyl (C=O) groups excluding carboxylic acids is 1. The van der Waals surface area contributed by atoms with Crippen LogP contribution in [0.25, 0.3) is 11.1 Å². The third kappa shape index (κ3) is 1.75. The van der Waals surface area contributed by atoms with E-state index in [0.29, 0.717) is 10.6 Å². The van der Waals surface area contributed by atoms with Crippen molar-refractivity contribution in [2.24, 2.45) is 0 Å². The Balaban J connectivity index is 2.25. The molecule has 4 heteroatoms. The van der Waals surface area contributed by atoms with E-state index in [2.05, 4.69) is 25.1 Å². The third-order valence-electron chi connectivity index (χ3n) is 3.51. The van der Waals surface area contributed by atoms with Gasteiger partial charge >= 0.3 is 0 Å². The highest BCUT2D eigenvalue weighted by atomic mass is 32.1. The SMILES string of the molecule is Cc1ccc2c(c1)-c1c(sc(N)c1C(=O)N(C)C)C2. The van der Waals surface area contributed by atoms with Crippen LogP contribution in [-0.4, -0.2) is 24.9 Å². The van der Waals surface area contributed by atoms with E-state index < -0.39 is 0 Å². The Morgan fingerprint density at radius 1 is 1.37 bits per heavy atom. The second kappa shape index (κ2) is 4.10. The zero-order chi connectivity index (χ0) is 13.7. The molecule has 0 radical (unpaired) electrons. The van der Waals surface area contributed by atoms with Crippen LogP contribution in [0.2, 0.25) is 0 Å². The molecule has 2 aromatic rings. The smallest absolute Gasteiger partial charge is 0.256 e. The molecule has 0 aliphatic heterocycles. The molecule has 1 aliphatic rings. The highest BCUT2D eigenvalue weighted by molar-refractivity contribution is 7.17. The van der Waals surface area contributed by atoms with E-state index in [1.807, 2.05) is 0 Å². The lowest BCUT2D eigenvalue weighted by Gasteiger charge is -2.12. The maximum absolute atomic E-state index is 12.3. The minimum Gasteiger partial charge on any atom is -0.390 e. The first-order valence-electron chi connectivity index (χ1n) is 6.21. The molecule has 0 bridgehead atoms. The summed E-state index contributed by atoms with van der Waals surface area (Å²) < 4.78 is 0. The maximum atomic E-state index is 12.3. The fraction of sp³-hybridized carbons (Fsp3) is 0.267. The number of rotatable bonds is 1.